The highest BCUT2D eigenvalue weighted by atomic mass is 35.5. The largest absolute Gasteiger partial charge is 0.352 e. The number of hydrogen-bond donors (Lipinski definition) is 2. The Morgan fingerprint density at radius 3 is 2.27 bits per heavy atom. The van der Waals surface area contributed by atoms with Gasteiger partial charge >= 0.3 is 0 Å². The van der Waals surface area contributed by atoms with Crippen molar-refractivity contribution in [3.8, 4) is 0 Å². The summed E-state index contributed by atoms with van der Waals surface area (Å²) in [4.78, 5) is 15.1. The third-order valence-electron chi connectivity index (χ3n) is 5.70. The van der Waals surface area contributed by atoms with E-state index in [1.807, 2.05) is 37.3 Å². The average Bonchev–Trinajstić information content (AvgIpc) is 3.00. The maximum absolute atomic E-state index is 12.6. The zero-order chi connectivity index (χ0) is 19.8. The van der Waals surface area contributed by atoms with Crippen LogP contribution in [0.25, 0.3) is 0 Å². The highest BCUT2D eigenvalue weighted by molar-refractivity contribution is 5.85. The maximum atomic E-state index is 12.6. The van der Waals surface area contributed by atoms with Gasteiger partial charge in [0.05, 0.1) is 5.92 Å². The van der Waals surface area contributed by atoms with Gasteiger partial charge in [0.25, 0.3) is 0 Å². The smallest absolute Gasteiger partial charge is 0.225 e. The van der Waals surface area contributed by atoms with E-state index in [-0.39, 0.29) is 42.7 Å². The molecule has 2 aromatic carbocycles. The predicted octanol–water partition coefficient (Wildman–Crippen LogP) is 4.86. The molecule has 4 nitrogen and oxygen atoms in total. The Balaban J connectivity index is 0.00000225. The third-order valence-corrected chi connectivity index (χ3v) is 5.70. The lowest BCUT2D eigenvalue weighted by molar-refractivity contribution is -0.125. The van der Waals surface area contributed by atoms with Crippen LogP contribution in [0.1, 0.15) is 55.3 Å². The lowest BCUT2D eigenvalue weighted by atomic mass is 9.94. The molecule has 6 heteroatoms. The quantitative estimate of drug-likeness (QED) is 0.631. The zero-order valence-corrected chi connectivity index (χ0v) is 19.4. The van der Waals surface area contributed by atoms with Gasteiger partial charge in [-0.05, 0) is 42.6 Å². The van der Waals surface area contributed by atoms with Gasteiger partial charge in [0.1, 0.15) is 0 Å². The molecular formula is C24H35Cl2N3O. The molecule has 1 aliphatic rings. The van der Waals surface area contributed by atoms with E-state index in [0.717, 1.165) is 17.7 Å². The van der Waals surface area contributed by atoms with E-state index in [9.17, 15) is 4.79 Å². The monoisotopic (exact) mass is 451 g/mol. The molecule has 2 aromatic rings. The van der Waals surface area contributed by atoms with Crippen molar-refractivity contribution in [2.45, 2.75) is 51.7 Å². The summed E-state index contributed by atoms with van der Waals surface area (Å²) in [5.41, 5.74) is 9.74. The Labute approximate surface area is 193 Å². The van der Waals surface area contributed by atoms with Crippen molar-refractivity contribution in [3.63, 3.8) is 0 Å². The van der Waals surface area contributed by atoms with E-state index in [4.69, 9.17) is 5.73 Å². The number of amides is 1. The first kappa shape index (κ1) is 26.4. The van der Waals surface area contributed by atoms with Crippen molar-refractivity contribution >= 4 is 30.7 Å². The summed E-state index contributed by atoms with van der Waals surface area (Å²) in [6.45, 7) is 5.81. The fraction of sp³-hybridized carbons (Fsp3) is 0.458. The van der Waals surface area contributed by atoms with Crippen molar-refractivity contribution in [2.75, 3.05) is 13.1 Å². The molecule has 1 saturated heterocycles. The van der Waals surface area contributed by atoms with Gasteiger partial charge in [0.15, 0.2) is 0 Å². The van der Waals surface area contributed by atoms with Crippen LogP contribution in [0.2, 0.25) is 0 Å². The fourth-order valence-corrected chi connectivity index (χ4v) is 3.87. The molecule has 1 aliphatic heterocycles. The minimum absolute atomic E-state index is 0. The SMILES string of the molecule is CC(C(=O)NCc1cccc(CN2CCCCCC2)c1)C(N)c1ccccc1.Cl.Cl. The Kier molecular flexibility index (Phi) is 12.0. The number of nitrogens with zero attached hydrogens (tertiary/aromatic N) is 1. The summed E-state index contributed by atoms with van der Waals surface area (Å²) in [6, 6.07) is 18.1. The van der Waals surface area contributed by atoms with Crippen LogP contribution in [0, 0.1) is 5.92 Å². The third kappa shape index (κ3) is 7.92. The topological polar surface area (TPSA) is 58.4 Å². The van der Waals surface area contributed by atoms with Crippen molar-refractivity contribution in [3.05, 3.63) is 71.3 Å². The number of hydrogen-bond acceptors (Lipinski definition) is 3. The molecule has 2 unspecified atom stereocenters. The minimum atomic E-state index is -0.296. The van der Waals surface area contributed by atoms with E-state index in [1.165, 1.54) is 44.3 Å². The summed E-state index contributed by atoms with van der Waals surface area (Å²) in [7, 11) is 0. The second-order valence-corrected chi connectivity index (χ2v) is 7.95. The number of rotatable bonds is 7. The van der Waals surface area contributed by atoms with E-state index in [0.29, 0.717) is 6.54 Å². The van der Waals surface area contributed by atoms with Crippen LogP contribution in [0.5, 0.6) is 0 Å². The Morgan fingerprint density at radius 1 is 0.967 bits per heavy atom. The fourth-order valence-electron chi connectivity index (χ4n) is 3.87. The molecule has 0 aliphatic carbocycles. The first-order chi connectivity index (χ1) is 13.6. The highest BCUT2D eigenvalue weighted by Crippen LogP contribution is 2.19. The molecule has 3 rings (SSSR count). The van der Waals surface area contributed by atoms with Crippen molar-refractivity contribution in [2.24, 2.45) is 11.7 Å². The van der Waals surface area contributed by atoms with Gasteiger partial charge in [-0.3, -0.25) is 9.69 Å². The molecule has 3 N–H and O–H groups in total. The molecule has 166 valence electrons. The van der Waals surface area contributed by atoms with E-state index in [1.54, 1.807) is 0 Å². The molecule has 1 fully saturated rings. The van der Waals surface area contributed by atoms with Gasteiger partial charge in [-0.15, -0.1) is 24.8 Å². The molecular weight excluding hydrogens is 417 g/mol. The molecule has 0 bridgehead atoms. The molecule has 30 heavy (non-hydrogen) atoms. The lowest BCUT2D eigenvalue weighted by Crippen LogP contribution is -2.35. The number of likely N-dealkylation sites (tertiary alicyclic amines) is 1. The maximum Gasteiger partial charge on any atom is 0.225 e. The first-order valence-corrected chi connectivity index (χ1v) is 10.5. The molecule has 0 spiro atoms. The van der Waals surface area contributed by atoms with Gasteiger partial charge in [-0.2, -0.15) is 0 Å². The van der Waals surface area contributed by atoms with E-state index >= 15 is 0 Å². The summed E-state index contributed by atoms with van der Waals surface area (Å²) >= 11 is 0. The van der Waals surface area contributed by atoms with Gasteiger partial charge in [0.2, 0.25) is 5.91 Å². The van der Waals surface area contributed by atoms with E-state index < -0.39 is 0 Å². The number of carbonyl (C=O) groups is 1. The van der Waals surface area contributed by atoms with Crippen LogP contribution in [0.3, 0.4) is 0 Å². The van der Waals surface area contributed by atoms with Gasteiger partial charge in [-0.1, -0.05) is 74.4 Å². The Morgan fingerprint density at radius 2 is 1.60 bits per heavy atom. The van der Waals surface area contributed by atoms with Crippen LogP contribution in [0.15, 0.2) is 54.6 Å². The lowest BCUT2D eigenvalue weighted by Gasteiger charge is -2.21. The zero-order valence-electron chi connectivity index (χ0n) is 17.8. The van der Waals surface area contributed by atoms with Crippen LogP contribution in [-0.4, -0.2) is 23.9 Å². The van der Waals surface area contributed by atoms with Crippen LogP contribution >= 0.6 is 24.8 Å². The summed E-state index contributed by atoms with van der Waals surface area (Å²) < 4.78 is 0. The predicted molar refractivity (Wildman–Crippen MR) is 129 cm³/mol. The van der Waals surface area contributed by atoms with Crippen molar-refractivity contribution in [1.29, 1.82) is 0 Å². The van der Waals surface area contributed by atoms with E-state index in [2.05, 4.69) is 34.5 Å². The van der Waals surface area contributed by atoms with Crippen LogP contribution < -0.4 is 11.1 Å². The second-order valence-electron chi connectivity index (χ2n) is 7.95. The number of carbonyl (C=O) groups excluding carboxylic acids is 1. The van der Waals surface area contributed by atoms with Crippen LogP contribution in [0.4, 0.5) is 0 Å². The number of nitrogens with two attached hydrogens (primary N) is 1. The molecule has 0 radical (unpaired) electrons. The normalized spacial score (nSPS) is 16.3. The van der Waals surface area contributed by atoms with Gasteiger partial charge in [-0.25, -0.2) is 0 Å². The Bertz CT molecular complexity index is 749. The minimum Gasteiger partial charge on any atom is -0.352 e. The summed E-state index contributed by atoms with van der Waals surface area (Å²) in [6.07, 6.45) is 5.31. The number of benzene rings is 2. The Hall–Kier alpha value is -1.59. The standard InChI is InChI=1S/C24H33N3O.2ClH/c1-19(23(25)22-12-5-4-6-13-22)24(28)26-17-20-10-9-11-21(16-20)18-27-14-7-2-3-8-15-27;;/h4-6,9-13,16,19,23H,2-3,7-8,14-15,17-18,25H2,1H3,(H,26,28);2*1H. The van der Waals surface area contributed by atoms with Gasteiger partial charge < -0.3 is 11.1 Å². The van der Waals surface area contributed by atoms with Crippen molar-refractivity contribution < 1.29 is 4.79 Å². The second kappa shape index (κ2) is 13.7. The molecule has 0 saturated carbocycles. The molecule has 1 heterocycles. The highest BCUT2D eigenvalue weighted by Gasteiger charge is 2.21. The molecule has 1 amide bonds. The first-order valence-electron chi connectivity index (χ1n) is 10.5. The number of nitrogens with one attached hydrogen (secondary N) is 1. The molecule has 2 atom stereocenters. The molecule has 0 aromatic heterocycles. The van der Waals surface area contributed by atoms with Crippen LogP contribution in [-0.2, 0) is 17.9 Å². The summed E-state index contributed by atoms with van der Waals surface area (Å²) in [5, 5.41) is 3.06. The number of halogens is 2. The average molecular weight is 452 g/mol. The van der Waals surface area contributed by atoms with Crippen molar-refractivity contribution in [1.82, 2.24) is 10.2 Å². The van der Waals surface area contributed by atoms with Gasteiger partial charge in [0, 0.05) is 19.1 Å². The summed E-state index contributed by atoms with van der Waals surface area (Å²) in [5.74, 6) is -0.281.